The number of benzene rings is 3. The average molecular weight is 459 g/mol. The minimum Gasteiger partial charge on any atom is -0.497 e. The van der Waals surface area contributed by atoms with Crippen LogP contribution in [0.4, 0.5) is 4.79 Å². The van der Waals surface area contributed by atoms with Crippen LogP contribution in [0.2, 0.25) is 0 Å². The molecule has 0 spiro atoms. The van der Waals surface area contributed by atoms with E-state index in [2.05, 4.69) is 5.32 Å². The summed E-state index contributed by atoms with van der Waals surface area (Å²) in [5.41, 5.74) is 0.204. The molecule has 1 saturated carbocycles. The van der Waals surface area contributed by atoms with Gasteiger partial charge in [0.25, 0.3) is 5.91 Å². The number of carbonyl (C=O) groups excluding carboxylic acids is 2. The van der Waals surface area contributed by atoms with E-state index in [9.17, 15) is 9.59 Å². The number of carbonyl (C=O) groups is 2. The van der Waals surface area contributed by atoms with Crippen LogP contribution < -0.4 is 19.5 Å². The molecule has 3 aromatic rings. The van der Waals surface area contributed by atoms with E-state index in [4.69, 9.17) is 18.9 Å². The first kappa shape index (κ1) is 21.8. The van der Waals surface area contributed by atoms with Crippen LogP contribution in [0.15, 0.2) is 66.7 Å². The number of nitrogens with one attached hydrogen (secondary N) is 1. The maximum atomic E-state index is 12.3. The fraction of sp³-hybridized carbons (Fsp3) is 0.259. The summed E-state index contributed by atoms with van der Waals surface area (Å²) in [4.78, 5) is 23.8. The largest absolute Gasteiger partial charge is 0.497 e. The first-order valence-electron chi connectivity index (χ1n) is 11.2. The SMILES string of the molecule is COc1ccc(Oc2ccc(Oc3cccc(C4(C)OC(=O)NC4=O)c3)c(CC3CC3)c2)cc1. The van der Waals surface area contributed by atoms with Crippen LogP contribution in [-0.2, 0) is 21.6 Å². The van der Waals surface area contributed by atoms with Crippen molar-refractivity contribution in [3.8, 4) is 28.7 Å². The Bertz CT molecular complexity index is 1230. The van der Waals surface area contributed by atoms with Gasteiger partial charge in [-0.3, -0.25) is 10.1 Å². The highest BCUT2D eigenvalue weighted by Gasteiger charge is 2.46. The molecule has 2 aliphatic rings. The summed E-state index contributed by atoms with van der Waals surface area (Å²) in [6.45, 7) is 1.57. The van der Waals surface area contributed by atoms with Crippen LogP contribution in [0.3, 0.4) is 0 Å². The molecule has 0 bridgehead atoms. The number of ether oxygens (including phenoxy) is 4. The molecule has 0 aromatic heterocycles. The Labute approximate surface area is 197 Å². The topological polar surface area (TPSA) is 83.1 Å². The standard InChI is InChI=1S/C27H25NO6/c1-27(25(29)28-26(30)34-27)19-4-3-5-22(16-19)33-24-13-12-23(15-18(24)14-17-6-7-17)32-21-10-8-20(31-2)9-11-21/h3-5,8-13,15-17H,6-7,14H2,1-2H3,(H,28,29,30). The second kappa shape index (κ2) is 8.74. The van der Waals surface area contributed by atoms with Crippen LogP contribution in [0, 0.1) is 5.92 Å². The molecule has 2 amide bonds. The van der Waals surface area contributed by atoms with E-state index in [1.807, 2.05) is 48.5 Å². The Kier molecular flexibility index (Phi) is 5.61. The van der Waals surface area contributed by atoms with Crippen molar-refractivity contribution in [2.24, 2.45) is 5.92 Å². The molecule has 5 rings (SSSR count). The highest BCUT2D eigenvalue weighted by Crippen LogP contribution is 2.39. The number of alkyl carbamates (subject to hydrolysis) is 1. The number of amides is 2. The summed E-state index contributed by atoms with van der Waals surface area (Å²) in [6.07, 6.45) is 2.55. The molecule has 1 N–H and O–H groups in total. The van der Waals surface area contributed by atoms with Crippen LogP contribution >= 0.6 is 0 Å². The van der Waals surface area contributed by atoms with Gasteiger partial charge in [0.1, 0.15) is 28.7 Å². The second-order valence-electron chi connectivity index (χ2n) is 8.70. The first-order valence-corrected chi connectivity index (χ1v) is 11.2. The minimum absolute atomic E-state index is 0.496. The van der Waals surface area contributed by atoms with Gasteiger partial charge in [0.2, 0.25) is 5.60 Å². The van der Waals surface area contributed by atoms with E-state index >= 15 is 0 Å². The number of rotatable bonds is 8. The van der Waals surface area contributed by atoms with Crippen LogP contribution in [0.1, 0.15) is 30.9 Å². The molecule has 2 fully saturated rings. The average Bonchev–Trinajstić information content (AvgIpc) is 3.60. The first-order chi connectivity index (χ1) is 16.4. The monoisotopic (exact) mass is 459 g/mol. The molecule has 1 atom stereocenters. The fourth-order valence-corrected chi connectivity index (χ4v) is 3.93. The van der Waals surface area contributed by atoms with Gasteiger partial charge in [-0.25, -0.2) is 4.79 Å². The molecule has 3 aromatic carbocycles. The van der Waals surface area contributed by atoms with E-state index < -0.39 is 17.6 Å². The maximum absolute atomic E-state index is 12.3. The minimum atomic E-state index is -1.39. The normalized spacial score (nSPS) is 19.4. The van der Waals surface area contributed by atoms with Crippen molar-refractivity contribution in [3.05, 3.63) is 77.9 Å². The molecule has 1 heterocycles. The molecule has 1 aliphatic carbocycles. The molecular weight excluding hydrogens is 434 g/mol. The van der Waals surface area contributed by atoms with Gasteiger partial charge in [0, 0.05) is 5.56 Å². The third-order valence-corrected chi connectivity index (χ3v) is 6.09. The molecule has 1 saturated heterocycles. The van der Waals surface area contributed by atoms with Crippen molar-refractivity contribution in [3.63, 3.8) is 0 Å². The summed E-state index contributed by atoms with van der Waals surface area (Å²) in [7, 11) is 1.63. The van der Waals surface area contributed by atoms with Crippen LogP contribution in [0.5, 0.6) is 28.7 Å². The third-order valence-electron chi connectivity index (χ3n) is 6.09. The predicted molar refractivity (Wildman–Crippen MR) is 124 cm³/mol. The van der Waals surface area contributed by atoms with Gasteiger partial charge < -0.3 is 18.9 Å². The van der Waals surface area contributed by atoms with E-state index in [-0.39, 0.29) is 0 Å². The van der Waals surface area contributed by atoms with Gasteiger partial charge in [-0.15, -0.1) is 0 Å². The molecule has 1 unspecified atom stereocenters. The van der Waals surface area contributed by atoms with Gasteiger partial charge in [-0.05, 0) is 92.3 Å². The van der Waals surface area contributed by atoms with E-state index in [1.54, 1.807) is 32.2 Å². The fourth-order valence-electron chi connectivity index (χ4n) is 3.93. The lowest BCUT2D eigenvalue weighted by molar-refractivity contribution is -0.130. The number of methoxy groups -OCH3 is 1. The van der Waals surface area contributed by atoms with Crippen molar-refractivity contribution in [1.29, 1.82) is 0 Å². The third kappa shape index (κ3) is 4.55. The van der Waals surface area contributed by atoms with Gasteiger partial charge in [0.15, 0.2) is 0 Å². The summed E-state index contributed by atoms with van der Waals surface area (Å²) in [5, 5.41) is 2.18. The Hall–Kier alpha value is -4.00. The zero-order valence-corrected chi connectivity index (χ0v) is 19.0. The highest BCUT2D eigenvalue weighted by molar-refractivity contribution is 6.03. The van der Waals surface area contributed by atoms with Gasteiger partial charge in [0.05, 0.1) is 7.11 Å². The second-order valence-corrected chi connectivity index (χ2v) is 8.70. The Morgan fingerprint density at radius 1 is 0.912 bits per heavy atom. The molecule has 174 valence electrons. The summed E-state index contributed by atoms with van der Waals surface area (Å²) in [6, 6.07) is 20.3. The van der Waals surface area contributed by atoms with Crippen molar-refractivity contribution in [2.75, 3.05) is 7.11 Å². The number of hydrogen-bond donors (Lipinski definition) is 1. The Balaban J connectivity index is 1.39. The zero-order valence-electron chi connectivity index (χ0n) is 19.0. The van der Waals surface area contributed by atoms with Gasteiger partial charge in [-0.1, -0.05) is 12.1 Å². The van der Waals surface area contributed by atoms with Crippen molar-refractivity contribution < 1.29 is 28.5 Å². The smallest absolute Gasteiger partial charge is 0.415 e. The van der Waals surface area contributed by atoms with Gasteiger partial charge in [-0.2, -0.15) is 0 Å². The number of hydrogen-bond acceptors (Lipinski definition) is 6. The molecule has 1 aliphatic heterocycles. The van der Waals surface area contributed by atoms with Crippen LogP contribution in [0.25, 0.3) is 0 Å². The Morgan fingerprint density at radius 2 is 1.62 bits per heavy atom. The Morgan fingerprint density at radius 3 is 2.29 bits per heavy atom. The molecule has 34 heavy (non-hydrogen) atoms. The van der Waals surface area contributed by atoms with Crippen molar-refractivity contribution in [2.45, 2.75) is 31.8 Å². The highest BCUT2D eigenvalue weighted by atomic mass is 16.6. The van der Waals surface area contributed by atoms with Crippen molar-refractivity contribution in [1.82, 2.24) is 5.32 Å². The van der Waals surface area contributed by atoms with Crippen molar-refractivity contribution >= 4 is 12.0 Å². The van der Waals surface area contributed by atoms with Gasteiger partial charge >= 0.3 is 6.09 Å². The summed E-state index contributed by atoms with van der Waals surface area (Å²) < 4.78 is 22.7. The van der Waals surface area contributed by atoms with E-state index in [0.29, 0.717) is 17.2 Å². The lowest BCUT2D eigenvalue weighted by Gasteiger charge is -2.20. The number of cyclic esters (lactones) is 1. The summed E-state index contributed by atoms with van der Waals surface area (Å²) >= 11 is 0. The summed E-state index contributed by atoms with van der Waals surface area (Å²) in [5.74, 6) is 3.64. The lowest BCUT2D eigenvalue weighted by atomic mass is 9.95. The van der Waals surface area contributed by atoms with E-state index in [1.165, 1.54) is 12.8 Å². The number of imide groups is 1. The molecule has 7 heteroatoms. The molecular formula is C27H25NO6. The molecule has 7 nitrogen and oxygen atoms in total. The maximum Gasteiger partial charge on any atom is 0.415 e. The lowest BCUT2D eigenvalue weighted by Crippen LogP contribution is -2.33. The van der Waals surface area contributed by atoms with E-state index in [0.717, 1.165) is 35.0 Å². The zero-order chi connectivity index (χ0) is 23.7. The molecule has 0 radical (unpaired) electrons. The quantitative estimate of drug-likeness (QED) is 0.464. The van der Waals surface area contributed by atoms with Crippen LogP contribution in [-0.4, -0.2) is 19.1 Å². The predicted octanol–water partition coefficient (Wildman–Crippen LogP) is 5.71.